The van der Waals surface area contributed by atoms with Crippen LogP contribution in [0.2, 0.25) is 0 Å². The molecule has 1 aliphatic carbocycles. The molecule has 0 bridgehead atoms. The molecule has 2 unspecified atom stereocenters. The molecular formula is C14H22N2O2S. The average molecular weight is 282 g/mol. The van der Waals surface area contributed by atoms with Gasteiger partial charge in [0.15, 0.2) is 5.13 Å². The molecule has 1 aromatic rings. The van der Waals surface area contributed by atoms with Crippen molar-refractivity contribution < 1.29 is 9.90 Å². The van der Waals surface area contributed by atoms with Crippen molar-refractivity contribution in [2.24, 2.45) is 5.92 Å². The zero-order valence-corrected chi connectivity index (χ0v) is 12.8. The second kappa shape index (κ2) is 5.49. The minimum Gasteiger partial charge on any atom is -0.481 e. The fourth-order valence-electron chi connectivity index (χ4n) is 2.42. The Morgan fingerprint density at radius 2 is 2.16 bits per heavy atom. The van der Waals surface area contributed by atoms with E-state index in [0.29, 0.717) is 12.0 Å². The number of thiazole rings is 1. The highest BCUT2D eigenvalue weighted by Gasteiger charge is 2.31. The molecule has 0 spiro atoms. The van der Waals surface area contributed by atoms with E-state index >= 15 is 0 Å². The van der Waals surface area contributed by atoms with Crippen LogP contribution in [0.1, 0.15) is 50.1 Å². The Morgan fingerprint density at radius 3 is 2.74 bits per heavy atom. The summed E-state index contributed by atoms with van der Waals surface area (Å²) in [6.45, 7) is 6.56. The van der Waals surface area contributed by atoms with Gasteiger partial charge in [-0.25, -0.2) is 4.98 Å². The summed E-state index contributed by atoms with van der Waals surface area (Å²) in [5, 5.41) is 10.2. The first-order valence-electron chi connectivity index (χ1n) is 6.87. The Morgan fingerprint density at radius 1 is 1.47 bits per heavy atom. The number of carboxylic acid groups (broad SMARTS) is 1. The van der Waals surface area contributed by atoms with E-state index in [2.05, 4.69) is 30.7 Å². The third-order valence-electron chi connectivity index (χ3n) is 4.12. The summed E-state index contributed by atoms with van der Waals surface area (Å²) in [4.78, 5) is 19.2. The number of fused-ring (bicyclic) bond motifs is 1. The lowest BCUT2D eigenvalue weighted by molar-refractivity contribution is -0.139. The lowest BCUT2D eigenvalue weighted by Crippen LogP contribution is -2.33. The number of rotatable bonds is 4. The highest BCUT2D eigenvalue weighted by molar-refractivity contribution is 7.15. The van der Waals surface area contributed by atoms with E-state index in [1.165, 1.54) is 0 Å². The summed E-state index contributed by atoms with van der Waals surface area (Å²) in [7, 11) is 2.05. The highest BCUT2D eigenvalue weighted by Crippen LogP contribution is 2.38. The minimum atomic E-state index is -0.739. The van der Waals surface area contributed by atoms with E-state index < -0.39 is 11.9 Å². The second-order valence-electron chi connectivity index (χ2n) is 5.68. The van der Waals surface area contributed by atoms with Gasteiger partial charge in [-0.05, 0) is 32.1 Å². The van der Waals surface area contributed by atoms with E-state index in [0.717, 1.165) is 35.0 Å². The van der Waals surface area contributed by atoms with Gasteiger partial charge in [-0.15, -0.1) is 11.3 Å². The van der Waals surface area contributed by atoms with E-state index in [-0.39, 0.29) is 0 Å². The van der Waals surface area contributed by atoms with Crippen LogP contribution >= 0.6 is 11.3 Å². The monoisotopic (exact) mass is 282 g/mol. The first kappa shape index (κ1) is 14.3. The summed E-state index contributed by atoms with van der Waals surface area (Å²) >= 11 is 1.66. The molecular weight excluding hydrogens is 260 g/mol. The number of hydrogen-bond acceptors (Lipinski definition) is 4. The number of aromatic nitrogens is 1. The van der Waals surface area contributed by atoms with E-state index in [1.54, 1.807) is 11.3 Å². The van der Waals surface area contributed by atoms with Crippen molar-refractivity contribution >= 4 is 22.4 Å². The molecule has 2 rings (SSSR count). The van der Waals surface area contributed by atoms with E-state index in [1.807, 2.05) is 7.05 Å². The highest BCUT2D eigenvalue weighted by atomic mass is 32.1. The normalized spacial score (nSPS) is 20.2. The van der Waals surface area contributed by atoms with Gasteiger partial charge in [0.05, 0.1) is 5.69 Å². The van der Waals surface area contributed by atoms with Crippen LogP contribution in [0.15, 0.2) is 0 Å². The number of carbonyl (C=O) groups is 1. The topological polar surface area (TPSA) is 53.4 Å². The summed E-state index contributed by atoms with van der Waals surface area (Å²) in [5.74, 6) is -0.602. The number of carboxylic acids is 1. The molecule has 5 heteroatoms. The third kappa shape index (κ3) is 2.76. The molecule has 0 saturated heterocycles. The smallest absolute Gasteiger partial charge is 0.312 e. The summed E-state index contributed by atoms with van der Waals surface area (Å²) in [5.41, 5.74) is 0.807. The van der Waals surface area contributed by atoms with Crippen LogP contribution in [0.5, 0.6) is 0 Å². The second-order valence-corrected chi connectivity index (χ2v) is 6.75. The molecule has 0 amide bonds. The Bertz CT molecular complexity index is 470. The lowest BCUT2D eigenvalue weighted by Gasteiger charge is -2.27. The fraction of sp³-hybridized carbons (Fsp3) is 0.714. The van der Waals surface area contributed by atoms with Crippen molar-refractivity contribution in [3.63, 3.8) is 0 Å². The van der Waals surface area contributed by atoms with Crippen molar-refractivity contribution in [1.82, 2.24) is 4.98 Å². The molecule has 2 atom stereocenters. The molecule has 1 N–H and O–H groups in total. The van der Waals surface area contributed by atoms with Crippen LogP contribution in [-0.4, -0.2) is 29.1 Å². The molecule has 1 aromatic heterocycles. The van der Waals surface area contributed by atoms with Gasteiger partial charge in [0.1, 0.15) is 5.92 Å². The standard InChI is InChI=1S/C14H22N2O2S/c1-8(2)9(3)16(4)14-15-12-10(13(17)18)6-5-7-11(12)19-14/h8-10H,5-7H2,1-4H3,(H,17,18). The fourth-order valence-corrected chi connectivity index (χ4v) is 3.63. The summed E-state index contributed by atoms with van der Waals surface area (Å²) in [6.07, 6.45) is 2.64. The molecule has 0 aliphatic heterocycles. The Hall–Kier alpha value is -1.10. The van der Waals surface area contributed by atoms with Crippen LogP contribution in [0.4, 0.5) is 5.13 Å². The van der Waals surface area contributed by atoms with Crippen LogP contribution in [-0.2, 0) is 11.2 Å². The molecule has 1 heterocycles. The zero-order chi connectivity index (χ0) is 14.2. The quantitative estimate of drug-likeness (QED) is 0.922. The number of aliphatic carboxylic acids is 1. The number of nitrogens with zero attached hydrogens (tertiary/aromatic N) is 2. The molecule has 19 heavy (non-hydrogen) atoms. The van der Waals surface area contributed by atoms with E-state index in [9.17, 15) is 9.90 Å². The Kier molecular flexibility index (Phi) is 4.13. The maximum atomic E-state index is 11.3. The Labute approximate surface area is 118 Å². The van der Waals surface area contributed by atoms with Crippen molar-refractivity contribution in [2.75, 3.05) is 11.9 Å². The van der Waals surface area contributed by atoms with E-state index in [4.69, 9.17) is 0 Å². The molecule has 1 aliphatic rings. The lowest BCUT2D eigenvalue weighted by atomic mass is 9.91. The van der Waals surface area contributed by atoms with Crippen molar-refractivity contribution in [3.8, 4) is 0 Å². The van der Waals surface area contributed by atoms with Gasteiger partial charge in [-0.2, -0.15) is 0 Å². The van der Waals surface area contributed by atoms with Crippen molar-refractivity contribution in [3.05, 3.63) is 10.6 Å². The van der Waals surface area contributed by atoms with Crippen LogP contribution < -0.4 is 4.90 Å². The number of hydrogen-bond donors (Lipinski definition) is 1. The summed E-state index contributed by atoms with van der Waals surface area (Å²) < 4.78 is 0. The first-order valence-corrected chi connectivity index (χ1v) is 7.68. The molecule has 0 fully saturated rings. The SMILES string of the molecule is CC(C)C(C)N(C)c1nc2c(s1)CCCC2C(=O)O. The van der Waals surface area contributed by atoms with Gasteiger partial charge in [-0.1, -0.05) is 13.8 Å². The molecule has 0 saturated carbocycles. The number of anilines is 1. The van der Waals surface area contributed by atoms with Gasteiger partial charge in [0.2, 0.25) is 0 Å². The van der Waals surface area contributed by atoms with Gasteiger partial charge in [-0.3, -0.25) is 4.79 Å². The van der Waals surface area contributed by atoms with Gasteiger partial charge < -0.3 is 10.0 Å². The number of aryl methyl sites for hydroxylation is 1. The van der Waals surface area contributed by atoms with Crippen molar-refractivity contribution in [2.45, 2.75) is 52.0 Å². The predicted molar refractivity (Wildman–Crippen MR) is 78.1 cm³/mol. The van der Waals surface area contributed by atoms with Gasteiger partial charge in [0.25, 0.3) is 0 Å². The zero-order valence-electron chi connectivity index (χ0n) is 12.0. The maximum Gasteiger partial charge on any atom is 0.312 e. The van der Waals surface area contributed by atoms with Crippen LogP contribution in [0.3, 0.4) is 0 Å². The summed E-state index contributed by atoms with van der Waals surface area (Å²) in [6, 6.07) is 0.399. The van der Waals surface area contributed by atoms with Crippen LogP contribution in [0, 0.1) is 5.92 Å². The predicted octanol–water partition coefficient (Wildman–Crippen LogP) is 3.13. The molecule has 0 aromatic carbocycles. The third-order valence-corrected chi connectivity index (χ3v) is 5.34. The molecule has 4 nitrogen and oxygen atoms in total. The minimum absolute atomic E-state index is 0.399. The average Bonchev–Trinajstić information content (AvgIpc) is 2.79. The van der Waals surface area contributed by atoms with Gasteiger partial charge in [0, 0.05) is 18.0 Å². The maximum absolute atomic E-state index is 11.3. The van der Waals surface area contributed by atoms with Crippen LogP contribution in [0.25, 0.3) is 0 Å². The first-order chi connectivity index (χ1) is 8.91. The Balaban J connectivity index is 2.28. The molecule has 106 valence electrons. The molecule has 0 radical (unpaired) electrons. The largest absolute Gasteiger partial charge is 0.481 e. The van der Waals surface area contributed by atoms with Crippen molar-refractivity contribution in [1.29, 1.82) is 0 Å². The van der Waals surface area contributed by atoms with Gasteiger partial charge >= 0.3 is 5.97 Å².